The smallest absolute Gasteiger partial charge is 0.119 e. The van der Waals surface area contributed by atoms with Crippen molar-refractivity contribution in [3.63, 3.8) is 0 Å². The Balaban J connectivity index is 1.81. The average Bonchev–Trinajstić information content (AvgIpc) is 2.70. The fourth-order valence-electron chi connectivity index (χ4n) is 6.21. The lowest BCUT2D eigenvalue weighted by molar-refractivity contribution is -0.0847. The van der Waals surface area contributed by atoms with Gasteiger partial charge in [-0.25, -0.2) is 0 Å². The van der Waals surface area contributed by atoms with E-state index in [-0.39, 0.29) is 16.7 Å². The summed E-state index contributed by atoms with van der Waals surface area (Å²) in [6.45, 7) is 4.52. The van der Waals surface area contributed by atoms with Crippen molar-refractivity contribution in [3.05, 3.63) is 23.5 Å². The Hall–Kier alpha value is -0.800. The predicted molar refractivity (Wildman–Crippen MR) is 86.9 cm³/mol. The zero-order valence-corrected chi connectivity index (χ0v) is 13.8. The summed E-state index contributed by atoms with van der Waals surface area (Å²) in [5.74, 6) is 1.86. The first kappa shape index (κ1) is 14.8. The Morgan fingerprint density at radius 1 is 1.14 bits per heavy atom. The molecule has 4 aliphatic rings. The van der Waals surface area contributed by atoms with E-state index in [4.69, 9.17) is 5.73 Å². The van der Waals surface area contributed by atoms with E-state index in [1.54, 1.807) is 0 Å². The van der Waals surface area contributed by atoms with Gasteiger partial charge in [0.05, 0.1) is 5.76 Å². The molecule has 4 rings (SSSR count). The van der Waals surface area contributed by atoms with Gasteiger partial charge >= 0.3 is 0 Å². The van der Waals surface area contributed by atoms with Gasteiger partial charge in [-0.15, -0.1) is 0 Å². The topological polar surface area (TPSA) is 66.5 Å². The van der Waals surface area contributed by atoms with Crippen molar-refractivity contribution < 1.29 is 10.2 Å². The SMILES string of the molecule is C[C@]12C=CCCC1CC(O)=C1[C@H]2CC[C@@]2(C)[C@H]1CCC2(N)O. The van der Waals surface area contributed by atoms with Gasteiger partial charge in [0.1, 0.15) is 5.72 Å². The number of hydrogen-bond donors (Lipinski definition) is 3. The molecule has 0 spiro atoms. The summed E-state index contributed by atoms with van der Waals surface area (Å²) in [5.41, 5.74) is 6.28. The second-order valence-corrected chi connectivity index (χ2v) is 8.67. The standard InChI is InChI=1S/C19H29NO2/c1-17-8-4-3-5-12(17)11-15(21)16-13(17)6-9-18(2)14(16)7-10-19(18,20)22/h4,8,12-14,21-22H,3,5-7,9-11,20H2,1-2H3/t12?,13-,14+,17+,18+,19?/m1/s1. The van der Waals surface area contributed by atoms with Crippen LogP contribution in [0.15, 0.2) is 23.5 Å². The van der Waals surface area contributed by atoms with E-state index >= 15 is 0 Å². The van der Waals surface area contributed by atoms with Crippen LogP contribution >= 0.6 is 0 Å². The van der Waals surface area contributed by atoms with E-state index in [0.717, 1.165) is 32.1 Å². The van der Waals surface area contributed by atoms with Crippen molar-refractivity contribution in [1.29, 1.82) is 0 Å². The fourth-order valence-corrected chi connectivity index (χ4v) is 6.21. The molecule has 0 aromatic rings. The van der Waals surface area contributed by atoms with Crippen LogP contribution in [0.2, 0.25) is 0 Å². The van der Waals surface area contributed by atoms with Crippen molar-refractivity contribution in [3.8, 4) is 0 Å². The maximum Gasteiger partial charge on any atom is 0.119 e. The summed E-state index contributed by atoms with van der Waals surface area (Å²) in [6.07, 6.45) is 11.4. The number of nitrogens with two attached hydrogens (primary N) is 1. The summed E-state index contributed by atoms with van der Waals surface area (Å²) in [7, 11) is 0. The zero-order valence-electron chi connectivity index (χ0n) is 13.8. The lowest BCUT2D eigenvalue weighted by atomic mass is 9.49. The van der Waals surface area contributed by atoms with Crippen molar-refractivity contribution >= 4 is 0 Å². The fraction of sp³-hybridized carbons (Fsp3) is 0.789. The molecule has 0 radical (unpaired) electrons. The van der Waals surface area contributed by atoms with Gasteiger partial charge in [0.2, 0.25) is 0 Å². The molecule has 2 unspecified atom stereocenters. The monoisotopic (exact) mass is 303 g/mol. The van der Waals surface area contributed by atoms with E-state index < -0.39 is 5.72 Å². The van der Waals surface area contributed by atoms with Crippen LogP contribution in [0.5, 0.6) is 0 Å². The molecule has 3 heteroatoms. The number of allylic oxidation sites excluding steroid dienone is 4. The first-order chi connectivity index (χ1) is 10.3. The number of aliphatic hydroxyl groups is 2. The summed E-state index contributed by atoms with van der Waals surface area (Å²) in [4.78, 5) is 0. The molecule has 0 heterocycles. The lowest BCUT2D eigenvalue weighted by Gasteiger charge is -2.56. The number of fused-ring (bicyclic) bond motifs is 5. The molecule has 0 amide bonds. The van der Waals surface area contributed by atoms with E-state index in [2.05, 4.69) is 26.0 Å². The van der Waals surface area contributed by atoms with Gasteiger partial charge in [0.15, 0.2) is 0 Å². The third-order valence-electron chi connectivity index (χ3n) is 7.84. The normalized spacial score (nSPS) is 53.9. The molecular weight excluding hydrogens is 274 g/mol. The number of rotatable bonds is 0. The second-order valence-electron chi connectivity index (χ2n) is 8.67. The highest BCUT2D eigenvalue weighted by Gasteiger charge is 2.62. The maximum atomic E-state index is 10.8. The van der Waals surface area contributed by atoms with Gasteiger partial charge in [-0.1, -0.05) is 26.0 Å². The Kier molecular flexibility index (Phi) is 2.95. The Labute approximate surface area is 133 Å². The molecule has 2 fully saturated rings. The molecule has 0 aromatic heterocycles. The zero-order chi connectivity index (χ0) is 15.8. The van der Waals surface area contributed by atoms with Crippen molar-refractivity contribution in [1.82, 2.24) is 0 Å². The predicted octanol–water partition coefficient (Wildman–Crippen LogP) is 3.65. The molecule has 2 saturated carbocycles. The van der Waals surface area contributed by atoms with Gasteiger partial charge in [-0.2, -0.15) is 0 Å². The molecule has 0 bridgehead atoms. The Bertz CT molecular complexity index is 564. The molecule has 4 aliphatic carbocycles. The first-order valence-electron chi connectivity index (χ1n) is 8.90. The van der Waals surface area contributed by atoms with Crippen LogP contribution in [0.25, 0.3) is 0 Å². The molecule has 3 nitrogen and oxygen atoms in total. The molecule has 0 aromatic carbocycles. The van der Waals surface area contributed by atoms with E-state index in [0.29, 0.717) is 24.0 Å². The molecular formula is C19H29NO2. The summed E-state index contributed by atoms with van der Waals surface area (Å²) in [6, 6.07) is 0. The van der Waals surface area contributed by atoms with E-state index in [1.807, 2.05) is 0 Å². The van der Waals surface area contributed by atoms with Gasteiger partial charge < -0.3 is 15.9 Å². The van der Waals surface area contributed by atoms with Gasteiger partial charge in [-0.05, 0) is 67.3 Å². The van der Waals surface area contributed by atoms with Crippen LogP contribution in [0.3, 0.4) is 0 Å². The molecule has 4 N–H and O–H groups in total. The van der Waals surface area contributed by atoms with Crippen molar-refractivity contribution in [2.45, 2.75) is 64.5 Å². The quantitative estimate of drug-likeness (QED) is 0.473. The third-order valence-corrected chi connectivity index (χ3v) is 7.84. The summed E-state index contributed by atoms with van der Waals surface area (Å²) >= 11 is 0. The minimum Gasteiger partial charge on any atom is -0.512 e. The maximum absolute atomic E-state index is 10.8. The van der Waals surface area contributed by atoms with Crippen LogP contribution < -0.4 is 5.73 Å². The number of hydrogen-bond acceptors (Lipinski definition) is 3. The van der Waals surface area contributed by atoms with Gasteiger partial charge in [0, 0.05) is 11.8 Å². The largest absolute Gasteiger partial charge is 0.512 e. The van der Waals surface area contributed by atoms with E-state index in [9.17, 15) is 10.2 Å². The summed E-state index contributed by atoms with van der Waals surface area (Å²) < 4.78 is 0. The molecule has 6 atom stereocenters. The van der Waals surface area contributed by atoms with Crippen LogP contribution in [-0.2, 0) is 0 Å². The molecule has 22 heavy (non-hydrogen) atoms. The van der Waals surface area contributed by atoms with Crippen molar-refractivity contribution in [2.75, 3.05) is 0 Å². The number of aliphatic hydroxyl groups excluding tert-OH is 1. The van der Waals surface area contributed by atoms with Gasteiger partial charge in [-0.3, -0.25) is 0 Å². The third kappa shape index (κ3) is 1.64. The Morgan fingerprint density at radius 2 is 1.86 bits per heavy atom. The Morgan fingerprint density at radius 3 is 2.64 bits per heavy atom. The minimum atomic E-state index is -1.09. The van der Waals surface area contributed by atoms with Gasteiger partial charge in [0.25, 0.3) is 0 Å². The van der Waals surface area contributed by atoms with Crippen molar-refractivity contribution in [2.24, 2.45) is 34.3 Å². The average molecular weight is 303 g/mol. The second kappa shape index (κ2) is 4.39. The van der Waals surface area contributed by atoms with Crippen LogP contribution in [0.1, 0.15) is 58.8 Å². The van der Waals surface area contributed by atoms with Crippen LogP contribution in [0.4, 0.5) is 0 Å². The molecule has 0 saturated heterocycles. The highest BCUT2D eigenvalue weighted by molar-refractivity contribution is 5.33. The first-order valence-corrected chi connectivity index (χ1v) is 8.90. The highest BCUT2D eigenvalue weighted by atomic mass is 16.3. The molecule has 122 valence electrons. The van der Waals surface area contributed by atoms with Crippen LogP contribution in [-0.4, -0.2) is 15.9 Å². The summed E-state index contributed by atoms with van der Waals surface area (Å²) in [5, 5.41) is 21.5. The minimum absolute atomic E-state index is 0.177. The van der Waals surface area contributed by atoms with Crippen LogP contribution in [0, 0.1) is 28.6 Å². The van der Waals surface area contributed by atoms with E-state index in [1.165, 1.54) is 12.0 Å². The molecule has 0 aliphatic heterocycles. The highest BCUT2D eigenvalue weighted by Crippen LogP contribution is 2.65. The lowest BCUT2D eigenvalue weighted by Crippen LogP contribution is -2.56.